The fourth-order valence-electron chi connectivity index (χ4n) is 1.96. The Labute approximate surface area is 107 Å². The van der Waals surface area contributed by atoms with Crippen LogP contribution in [0.5, 0.6) is 0 Å². The molecule has 1 aromatic rings. The molecule has 0 N–H and O–H groups in total. The molecule has 96 valence electrons. The number of hydrogen-bond donors (Lipinski definition) is 0. The van der Waals surface area contributed by atoms with E-state index in [-0.39, 0.29) is 11.0 Å². The van der Waals surface area contributed by atoms with Crippen molar-refractivity contribution in [2.45, 2.75) is 52.5 Å². The Kier molecular flexibility index (Phi) is 3.46. The summed E-state index contributed by atoms with van der Waals surface area (Å²) in [6.07, 6.45) is 0. The Morgan fingerprint density at radius 1 is 0.824 bits per heavy atom. The van der Waals surface area contributed by atoms with Crippen LogP contribution < -0.4 is 4.48 Å². The monoisotopic (exact) mass is 234 g/mol. The van der Waals surface area contributed by atoms with Crippen molar-refractivity contribution in [2.24, 2.45) is 0 Å². The van der Waals surface area contributed by atoms with Crippen LogP contribution in [0.25, 0.3) is 0 Å². The zero-order valence-electron chi connectivity index (χ0n) is 12.8. The topological polar surface area (TPSA) is 0 Å². The molecular weight excluding hydrogens is 206 g/mol. The summed E-state index contributed by atoms with van der Waals surface area (Å²) in [6, 6.07) is 8.83. The maximum Gasteiger partial charge on any atom is 0.136 e. The molecule has 0 bridgehead atoms. The fourth-order valence-corrected chi connectivity index (χ4v) is 1.96. The summed E-state index contributed by atoms with van der Waals surface area (Å²) in [7, 11) is 4.59. The number of rotatable bonds is 1. The van der Waals surface area contributed by atoms with Crippen LogP contribution in [0.15, 0.2) is 24.3 Å². The molecule has 0 aliphatic carbocycles. The van der Waals surface area contributed by atoms with Crippen LogP contribution in [-0.4, -0.2) is 19.6 Å². The molecule has 0 atom stereocenters. The standard InChI is InChI=1S/C16H28N/c1-15(2,3)13-11-9-10-12-14(13)17(7,8)16(4,5)6/h9-12H,1-8H3/q+1. The maximum absolute atomic E-state index is 2.30. The molecule has 0 fully saturated rings. The minimum absolute atomic E-state index is 0.192. The lowest BCUT2D eigenvalue weighted by Gasteiger charge is -2.44. The third kappa shape index (κ3) is 2.71. The van der Waals surface area contributed by atoms with Crippen LogP contribution in [-0.2, 0) is 5.41 Å². The second kappa shape index (κ2) is 4.13. The van der Waals surface area contributed by atoms with Crippen molar-refractivity contribution in [1.29, 1.82) is 0 Å². The Hall–Kier alpha value is -0.820. The van der Waals surface area contributed by atoms with Gasteiger partial charge in [0.05, 0.1) is 19.6 Å². The van der Waals surface area contributed by atoms with Crippen LogP contribution >= 0.6 is 0 Å². The van der Waals surface area contributed by atoms with E-state index < -0.39 is 0 Å². The summed E-state index contributed by atoms with van der Waals surface area (Å²) >= 11 is 0. The smallest absolute Gasteiger partial charge is 0.136 e. The lowest BCUT2D eigenvalue weighted by Crippen LogP contribution is -2.56. The lowest BCUT2D eigenvalue weighted by atomic mass is 9.84. The van der Waals surface area contributed by atoms with Gasteiger partial charge >= 0.3 is 0 Å². The summed E-state index contributed by atoms with van der Waals surface area (Å²) in [5.41, 5.74) is 3.26. The highest BCUT2D eigenvalue weighted by Gasteiger charge is 2.37. The maximum atomic E-state index is 2.30. The summed E-state index contributed by atoms with van der Waals surface area (Å²) < 4.78 is 0.903. The SMILES string of the molecule is CC(C)(C)c1ccccc1[N+](C)(C)C(C)(C)C. The van der Waals surface area contributed by atoms with Gasteiger partial charge in [0.15, 0.2) is 0 Å². The summed E-state index contributed by atoms with van der Waals surface area (Å²) in [4.78, 5) is 0. The number of benzene rings is 1. The first kappa shape index (κ1) is 14.2. The molecule has 0 unspecified atom stereocenters. The molecule has 1 nitrogen and oxygen atoms in total. The molecule has 0 amide bonds. The van der Waals surface area contributed by atoms with Crippen molar-refractivity contribution < 1.29 is 0 Å². The molecule has 0 saturated heterocycles. The van der Waals surface area contributed by atoms with Crippen molar-refractivity contribution in [3.05, 3.63) is 29.8 Å². The van der Waals surface area contributed by atoms with Gasteiger partial charge in [-0.15, -0.1) is 0 Å². The van der Waals surface area contributed by atoms with Gasteiger partial charge in [0.2, 0.25) is 0 Å². The molecule has 0 aliphatic heterocycles. The molecule has 0 spiro atoms. The van der Waals surface area contributed by atoms with E-state index in [4.69, 9.17) is 0 Å². The molecule has 1 heteroatoms. The molecule has 0 radical (unpaired) electrons. The summed E-state index contributed by atoms with van der Waals surface area (Å²) in [5.74, 6) is 0. The zero-order chi connectivity index (χ0) is 13.5. The molecule has 0 aliphatic rings. The van der Waals surface area contributed by atoms with Gasteiger partial charge in [0, 0.05) is 5.56 Å². The van der Waals surface area contributed by atoms with Crippen molar-refractivity contribution >= 4 is 5.69 Å². The number of nitrogens with zero attached hydrogens (tertiary/aromatic N) is 1. The molecule has 0 saturated carbocycles. The molecule has 1 rings (SSSR count). The number of para-hydroxylation sites is 1. The van der Waals surface area contributed by atoms with Crippen LogP contribution in [0.4, 0.5) is 5.69 Å². The average Bonchev–Trinajstić information content (AvgIpc) is 2.14. The van der Waals surface area contributed by atoms with Gasteiger partial charge in [-0.3, -0.25) is 4.48 Å². The van der Waals surface area contributed by atoms with Crippen LogP contribution in [0.2, 0.25) is 0 Å². The second-order valence-corrected chi connectivity index (χ2v) is 7.39. The van der Waals surface area contributed by atoms with Gasteiger partial charge in [-0.2, -0.15) is 0 Å². The molecular formula is C16H28N+. The highest BCUT2D eigenvalue weighted by molar-refractivity contribution is 5.54. The third-order valence-corrected chi connectivity index (χ3v) is 3.99. The first-order valence-electron chi connectivity index (χ1n) is 6.42. The highest BCUT2D eigenvalue weighted by Crippen LogP contribution is 2.37. The van der Waals surface area contributed by atoms with E-state index in [0.29, 0.717) is 0 Å². The van der Waals surface area contributed by atoms with E-state index in [1.807, 2.05) is 0 Å². The van der Waals surface area contributed by atoms with E-state index >= 15 is 0 Å². The average molecular weight is 234 g/mol. The predicted octanol–water partition coefficient (Wildman–Crippen LogP) is 4.35. The van der Waals surface area contributed by atoms with E-state index in [1.54, 1.807) is 0 Å². The normalized spacial score (nSPS) is 13.9. The number of quaternary nitrogens is 1. The van der Waals surface area contributed by atoms with Crippen molar-refractivity contribution in [1.82, 2.24) is 4.48 Å². The van der Waals surface area contributed by atoms with Crippen molar-refractivity contribution in [3.8, 4) is 0 Å². The van der Waals surface area contributed by atoms with E-state index in [0.717, 1.165) is 4.48 Å². The van der Waals surface area contributed by atoms with Gasteiger partial charge in [-0.1, -0.05) is 39.0 Å². The Balaban J connectivity index is 3.43. The van der Waals surface area contributed by atoms with E-state index in [9.17, 15) is 0 Å². The van der Waals surface area contributed by atoms with Crippen LogP contribution in [0.3, 0.4) is 0 Å². The quantitative estimate of drug-likeness (QED) is 0.634. The second-order valence-electron chi connectivity index (χ2n) is 7.39. The third-order valence-electron chi connectivity index (χ3n) is 3.99. The minimum atomic E-state index is 0.192. The zero-order valence-corrected chi connectivity index (χ0v) is 12.8. The molecule has 17 heavy (non-hydrogen) atoms. The lowest BCUT2D eigenvalue weighted by molar-refractivity contribution is 0.216. The molecule has 0 aromatic heterocycles. The first-order valence-corrected chi connectivity index (χ1v) is 6.42. The predicted molar refractivity (Wildman–Crippen MR) is 78.5 cm³/mol. The Morgan fingerprint density at radius 3 is 1.71 bits per heavy atom. The van der Waals surface area contributed by atoms with Gasteiger partial charge in [-0.05, 0) is 32.3 Å². The van der Waals surface area contributed by atoms with Gasteiger partial charge in [0.1, 0.15) is 5.69 Å². The van der Waals surface area contributed by atoms with Gasteiger partial charge < -0.3 is 0 Å². The minimum Gasteiger partial charge on any atom is -0.292 e. The largest absolute Gasteiger partial charge is 0.292 e. The van der Waals surface area contributed by atoms with Gasteiger partial charge in [-0.25, -0.2) is 0 Å². The summed E-state index contributed by atoms with van der Waals surface area (Å²) in [6.45, 7) is 13.8. The molecule has 0 heterocycles. The van der Waals surface area contributed by atoms with Crippen molar-refractivity contribution in [3.63, 3.8) is 0 Å². The Morgan fingerprint density at radius 2 is 1.29 bits per heavy atom. The van der Waals surface area contributed by atoms with Crippen LogP contribution in [0.1, 0.15) is 47.1 Å². The first-order chi connectivity index (χ1) is 7.48. The fraction of sp³-hybridized carbons (Fsp3) is 0.625. The molecule has 1 aromatic carbocycles. The number of hydrogen-bond acceptors (Lipinski definition) is 0. The van der Waals surface area contributed by atoms with Gasteiger partial charge in [0.25, 0.3) is 0 Å². The summed E-state index contributed by atoms with van der Waals surface area (Å²) in [5, 5.41) is 0. The van der Waals surface area contributed by atoms with Crippen molar-refractivity contribution in [2.75, 3.05) is 14.1 Å². The highest BCUT2D eigenvalue weighted by atomic mass is 15.4. The Bertz CT molecular complexity index is 389. The van der Waals surface area contributed by atoms with E-state index in [1.165, 1.54) is 11.3 Å². The van der Waals surface area contributed by atoms with Crippen LogP contribution in [0, 0.1) is 0 Å². The van der Waals surface area contributed by atoms with E-state index in [2.05, 4.69) is 79.9 Å².